The summed E-state index contributed by atoms with van der Waals surface area (Å²) in [5.41, 5.74) is 1.35. The Kier molecular flexibility index (Phi) is 6.93. The molecule has 1 saturated heterocycles. The SMILES string of the molecule is O=C(c1ccccc1NS(=O)(=O)c1cccc([N+](=O)[O-])c1)N1CCC(Cc2ccccc2)CC1. The van der Waals surface area contributed by atoms with Crippen molar-refractivity contribution in [3.63, 3.8) is 0 Å². The van der Waals surface area contributed by atoms with Crippen molar-refractivity contribution in [2.75, 3.05) is 17.8 Å². The number of hydrogen-bond acceptors (Lipinski definition) is 5. The molecule has 3 aromatic carbocycles. The summed E-state index contributed by atoms with van der Waals surface area (Å²) in [4.78, 5) is 25.1. The Balaban J connectivity index is 1.46. The van der Waals surface area contributed by atoms with Crippen LogP contribution in [0.1, 0.15) is 28.8 Å². The minimum absolute atomic E-state index is 0.144. The molecule has 1 aliphatic heterocycles. The minimum atomic E-state index is -4.12. The highest BCUT2D eigenvalue weighted by Crippen LogP contribution is 2.27. The van der Waals surface area contributed by atoms with Crippen molar-refractivity contribution in [2.45, 2.75) is 24.2 Å². The molecule has 1 heterocycles. The lowest BCUT2D eigenvalue weighted by Gasteiger charge is -2.32. The van der Waals surface area contributed by atoms with Crippen LogP contribution in [0.4, 0.5) is 11.4 Å². The van der Waals surface area contributed by atoms with E-state index in [2.05, 4.69) is 16.9 Å². The molecule has 176 valence electrons. The average Bonchev–Trinajstić information content (AvgIpc) is 2.85. The highest BCUT2D eigenvalue weighted by atomic mass is 32.2. The molecule has 1 N–H and O–H groups in total. The summed E-state index contributed by atoms with van der Waals surface area (Å²) in [6.07, 6.45) is 2.73. The molecule has 34 heavy (non-hydrogen) atoms. The van der Waals surface area contributed by atoms with Gasteiger partial charge >= 0.3 is 0 Å². The fourth-order valence-electron chi connectivity index (χ4n) is 4.18. The molecule has 4 rings (SSSR count). The molecule has 0 unspecified atom stereocenters. The number of likely N-dealkylation sites (tertiary alicyclic amines) is 1. The molecule has 0 aliphatic carbocycles. The van der Waals surface area contributed by atoms with E-state index in [-0.39, 0.29) is 27.7 Å². The molecular weight excluding hydrogens is 454 g/mol. The zero-order valence-electron chi connectivity index (χ0n) is 18.5. The molecule has 0 bridgehead atoms. The summed E-state index contributed by atoms with van der Waals surface area (Å²) in [6.45, 7) is 1.20. The van der Waals surface area contributed by atoms with Gasteiger partial charge in [-0.1, -0.05) is 48.5 Å². The highest BCUT2D eigenvalue weighted by molar-refractivity contribution is 7.92. The van der Waals surface area contributed by atoms with E-state index in [4.69, 9.17) is 0 Å². The van der Waals surface area contributed by atoms with Gasteiger partial charge in [0.25, 0.3) is 21.6 Å². The summed E-state index contributed by atoms with van der Waals surface area (Å²) < 4.78 is 28.2. The van der Waals surface area contributed by atoms with Crippen LogP contribution in [-0.4, -0.2) is 37.2 Å². The smallest absolute Gasteiger partial charge is 0.270 e. The maximum atomic E-state index is 13.3. The summed E-state index contributed by atoms with van der Waals surface area (Å²) >= 11 is 0. The molecule has 1 amide bonds. The van der Waals surface area contributed by atoms with Gasteiger partial charge in [-0.2, -0.15) is 0 Å². The first-order valence-electron chi connectivity index (χ1n) is 11.0. The van der Waals surface area contributed by atoms with Gasteiger partial charge in [0.2, 0.25) is 0 Å². The van der Waals surface area contributed by atoms with Crippen LogP contribution >= 0.6 is 0 Å². The minimum Gasteiger partial charge on any atom is -0.339 e. The van der Waals surface area contributed by atoms with Gasteiger partial charge in [0.15, 0.2) is 0 Å². The molecule has 3 aromatic rings. The number of rotatable bonds is 7. The number of piperidine rings is 1. The predicted octanol–water partition coefficient (Wildman–Crippen LogP) is 4.49. The lowest BCUT2D eigenvalue weighted by atomic mass is 9.90. The van der Waals surface area contributed by atoms with Crippen LogP contribution in [0, 0.1) is 16.0 Å². The third-order valence-electron chi connectivity index (χ3n) is 6.01. The second-order valence-electron chi connectivity index (χ2n) is 8.33. The highest BCUT2D eigenvalue weighted by Gasteiger charge is 2.27. The Morgan fingerprint density at radius 1 is 0.971 bits per heavy atom. The third kappa shape index (κ3) is 5.43. The Morgan fingerprint density at radius 3 is 2.35 bits per heavy atom. The molecule has 0 saturated carbocycles. The number of para-hydroxylation sites is 1. The van der Waals surface area contributed by atoms with Crippen LogP contribution in [0.3, 0.4) is 0 Å². The Labute approximate surface area is 198 Å². The molecule has 0 radical (unpaired) electrons. The van der Waals surface area contributed by atoms with E-state index in [9.17, 15) is 23.3 Å². The fourth-order valence-corrected chi connectivity index (χ4v) is 5.30. The molecule has 1 fully saturated rings. The van der Waals surface area contributed by atoms with Gasteiger partial charge in [0.1, 0.15) is 0 Å². The number of non-ortho nitro benzene ring substituents is 1. The van der Waals surface area contributed by atoms with E-state index in [1.165, 1.54) is 29.8 Å². The summed E-state index contributed by atoms with van der Waals surface area (Å²) in [5.74, 6) is 0.254. The number of benzene rings is 3. The second kappa shape index (κ2) is 10.0. The number of nitrogens with one attached hydrogen (secondary N) is 1. The number of anilines is 1. The normalized spacial score (nSPS) is 14.5. The van der Waals surface area contributed by atoms with Crippen LogP contribution in [0.2, 0.25) is 0 Å². The predicted molar refractivity (Wildman–Crippen MR) is 129 cm³/mol. The van der Waals surface area contributed by atoms with Crippen molar-refractivity contribution >= 4 is 27.3 Å². The van der Waals surface area contributed by atoms with E-state index in [1.54, 1.807) is 23.1 Å². The van der Waals surface area contributed by atoms with Gasteiger partial charge in [0.05, 0.1) is 21.1 Å². The third-order valence-corrected chi connectivity index (χ3v) is 7.37. The van der Waals surface area contributed by atoms with E-state index in [1.807, 2.05) is 18.2 Å². The van der Waals surface area contributed by atoms with Crippen molar-refractivity contribution < 1.29 is 18.1 Å². The van der Waals surface area contributed by atoms with Crippen LogP contribution in [0.5, 0.6) is 0 Å². The fraction of sp³-hybridized carbons (Fsp3) is 0.240. The van der Waals surface area contributed by atoms with Gasteiger partial charge in [-0.05, 0) is 48.9 Å². The molecular formula is C25H25N3O5S. The first-order valence-corrected chi connectivity index (χ1v) is 12.5. The molecule has 9 heteroatoms. The number of nitro groups is 1. The van der Waals surface area contributed by atoms with Crippen LogP contribution in [0.15, 0.2) is 83.8 Å². The van der Waals surface area contributed by atoms with E-state index in [0.717, 1.165) is 25.3 Å². The zero-order valence-corrected chi connectivity index (χ0v) is 19.3. The van der Waals surface area contributed by atoms with E-state index < -0.39 is 14.9 Å². The number of nitrogens with zero attached hydrogens (tertiary/aromatic N) is 2. The first kappa shape index (κ1) is 23.4. The monoisotopic (exact) mass is 479 g/mol. The van der Waals surface area contributed by atoms with Crippen molar-refractivity contribution in [2.24, 2.45) is 5.92 Å². The molecule has 0 spiro atoms. The maximum absolute atomic E-state index is 13.3. The zero-order chi connectivity index (χ0) is 24.1. The molecule has 1 aliphatic rings. The lowest BCUT2D eigenvalue weighted by Crippen LogP contribution is -2.39. The molecule has 8 nitrogen and oxygen atoms in total. The number of sulfonamides is 1. The standard InChI is InChI=1S/C25H25N3O5S/c29-25(27-15-13-20(14-16-27)17-19-7-2-1-3-8-19)23-11-4-5-12-24(23)26-34(32,33)22-10-6-9-21(18-22)28(30)31/h1-12,18,20,26H,13-17H2. The van der Waals surface area contributed by atoms with Crippen LogP contribution in [0.25, 0.3) is 0 Å². The quantitative estimate of drug-likeness (QED) is 0.397. The maximum Gasteiger partial charge on any atom is 0.270 e. The number of nitro benzene ring substituents is 1. The largest absolute Gasteiger partial charge is 0.339 e. The van der Waals surface area contributed by atoms with Gasteiger partial charge < -0.3 is 4.90 Å². The topological polar surface area (TPSA) is 110 Å². The van der Waals surface area contributed by atoms with Crippen LogP contribution < -0.4 is 4.72 Å². The Bertz CT molecular complexity index is 1290. The average molecular weight is 480 g/mol. The van der Waals surface area contributed by atoms with Crippen molar-refractivity contribution in [3.05, 3.63) is 100 Å². The summed E-state index contributed by atoms with van der Waals surface area (Å²) in [5, 5.41) is 11.0. The van der Waals surface area contributed by atoms with Gasteiger partial charge in [-0.15, -0.1) is 0 Å². The van der Waals surface area contributed by atoms with Gasteiger partial charge in [-0.3, -0.25) is 19.6 Å². The van der Waals surface area contributed by atoms with Crippen molar-refractivity contribution in [1.82, 2.24) is 4.90 Å². The number of carbonyl (C=O) groups excluding carboxylic acids is 1. The van der Waals surface area contributed by atoms with Gasteiger partial charge in [0, 0.05) is 25.2 Å². The van der Waals surface area contributed by atoms with Crippen molar-refractivity contribution in [3.8, 4) is 0 Å². The number of amides is 1. The number of carbonyl (C=O) groups is 1. The molecule has 0 atom stereocenters. The van der Waals surface area contributed by atoms with Crippen molar-refractivity contribution in [1.29, 1.82) is 0 Å². The number of hydrogen-bond donors (Lipinski definition) is 1. The second-order valence-corrected chi connectivity index (χ2v) is 10.0. The first-order chi connectivity index (χ1) is 16.3. The Morgan fingerprint density at radius 2 is 1.65 bits per heavy atom. The van der Waals surface area contributed by atoms with Gasteiger partial charge in [-0.25, -0.2) is 8.42 Å². The summed E-state index contributed by atoms with van der Waals surface area (Å²) in [6, 6.07) is 21.5. The van der Waals surface area contributed by atoms with Crippen LogP contribution in [-0.2, 0) is 16.4 Å². The van der Waals surface area contributed by atoms with E-state index in [0.29, 0.717) is 19.0 Å². The molecule has 0 aromatic heterocycles. The Hall–Kier alpha value is -3.72. The van der Waals surface area contributed by atoms with E-state index >= 15 is 0 Å². The summed E-state index contributed by atoms with van der Waals surface area (Å²) in [7, 11) is -4.12. The lowest BCUT2D eigenvalue weighted by molar-refractivity contribution is -0.385.